The van der Waals surface area contributed by atoms with Crippen molar-refractivity contribution in [3.8, 4) is 0 Å². The largest absolute Gasteiger partial charge is 0.366 e. The Morgan fingerprint density at radius 2 is 1.62 bits per heavy atom. The molecule has 1 rings (SSSR count). The Morgan fingerprint density at radius 1 is 1.08 bits per heavy atom. The minimum Gasteiger partial charge on any atom is -0.366 e. The molecule has 2 amide bonds. The van der Waals surface area contributed by atoms with E-state index in [0.717, 1.165) is 0 Å². The summed E-state index contributed by atoms with van der Waals surface area (Å²) in [7, 11) is 0. The van der Waals surface area contributed by atoms with Crippen LogP contribution in [0.1, 0.15) is 20.7 Å². The van der Waals surface area contributed by atoms with Gasteiger partial charge in [0.25, 0.3) is 0 Å². The molecule has 0 heterocycles. The molecule has 5 heteroatoms. The van der Waals surface area contributed by atoms with Crippen LogP contribution in [0.2, 0.25) is 0 Å². The molecular formula is C8H8N3O2. The molecule has 0 fully saturated rings. The molecule has 1 aromatic carbocycles. The quantitative estimate of drug-likeness (QED) is 0.653. The van der Waals surface area contributed by atoms with Gasteiger partial charge in [0, 0.05) is 0 Å². The second-order valence-corrected chi connectivity index (χ2v) is 2.49. The molecule has 1 aromatic rings. The average molecular weight is 178 g/mol. The van der Waals surface area contributed by atoms with Crippen LogP contribution < -0.4 is 17.2 Å². The third kappa shape index (κ3) is 1.76. The summed E-state index contributed by atoms with van der Waals surface area (Å²) < 4.78 is 0. The molecule has 0 atom stereocenters. The Morgan fingerprint density at radius 3 is 2.08 bits per heavy atom. The lowest BCUT2D eigenvalue weighted by molar-refractivity contribution is 0.0967. The fourth-order valence-electron chi connectivity index (χ4n) is 0.963. The van der Waals surface area contributed by atoms with Crippen LogP contribution in [0.25, 0.3) is 0 Å². The number of rotatable bonds is 2. The Balaban J connectivity index is 3.35. The van der Waals surface area contributed by atoms with E-state index in [1.807, 2.05) is 0 Å². The lowest BCUT2D eigenvalue weighted by Crippen LogP contribution is -2.20. The van der Waals surface area contributed by atoms with Gasteiger partial charge in [-0.3, -0.25) is 9.59 Å². The minimum atomic E-state index is -0.761. The first-order valence-electron chi connectivity index (χ1n) is 3.47. The number of carbonyl (C=O) groups excluding carboxylic acids is 2. The summed E-state index contributed by atoms with van der Waals surface area (Å²) in [5.41, 5.74) is 17.3. The Kier molecular flexibility index (Phi) is 2.19. The molecule has 67 valence electrons. The van der Waals surface area contributed by atoms with Gasteiger partial charge in [-0.1, -0.05) is 0 Å². The molecule has 0 aliphatic heterocycles. The summed E-state index contributed by atoms with van der Waals surface area (Å²) in [5, 5.41) is 0. The van der Waals surface area contributed by atoms with Gasteiger partial charge in [0.2, 0.25) is 11.8 Å². The van der Waals surface area contributed by atoms with Crippen molar-refractivity contribution in [2.75, 3.05) is 0 Å². The summed E-state index contributed by atoms with van der Waals surface area (Å²) in [5.74, 6) is -1.49. The van der Waals surface area contributed by atoms with Crippen LogP contribution in [0.15, 0.2) is 18.2 Å². The maximum absolute atomic E-state index is 10.8. The number of benzene rings is 1. The van der Waals surface area contributed by atoms with Gasteiger partial charge in [-0.05, 0) is 18.2 Å². The van der Waals surface area contributed by atoms with E-state index in [-0.39, 0.29) is 16.8 Å². The zero-order valence-electron chi connectivity index (χ0n) is 6.70. The van der Waals surface area contributed by atoms with Crippen molar-refractivity contribution in [3.05, 3.63) is 29.3 Å². The van der Waals surface area contributed by atoms with Crippen LogP contribution in [-0.4, -0.2) is 11.8 Å². The summed E-state index contributed by atoms with van der Waals surface area (Å²) >= 11 is 0. The van der Waals surface area contributed by atoms with Gasteiger partial charge in [-0.25, -0.2) is 0 Å². The molecule has 0 aliphatic carbocycles. The van der Waals surface area contributed by atoms with Gasteiger partial charge in [0.15, 0.2) is 0 Å². The highest BCUT2D eigenvalue weighted by atomic mass is 16.2. The number of amides is 2. The molecular weight excluding hydrogens is 170 g/mol. The molecule has 0 spiro atoms. The standard InChI is InChI=1S/C8H8N3O2/c9-4-1-2-5(7(10)12)6(3-4)8(11)13/h1-3,9H,(H2,10,12)(H2,11,13). The number of hydrogen-bond donors (Lipinski definition) is 2. The van der Waals surface area contributed by atoms with Crippen molar-refractivity contribution < 1.29 is 9.59 Å². The number of carbonyl (C=O) groups is 2. The first-order chi connectivity index (χ1) is 6.02. The maximum Gasteiger partial charge on any atom is 0.249 e. The molecule has 0 bridgehead atoms. The normalized spacial score (nSPS) is 9.54. The maximum atomic E-state index is 10.8. The third-order valence-corrected chi connectivity index (χ3v) is 1.55. The van der Waals surface area contributed by atoms with E-state index in [1.54, 1.807) is 0 Å². The lowest BCUT2D eigenvalue weighted by atomic mass is 10.1. The minimum absolute atomic E-state index is 0.0139. The zero-order valence-corrected chi connectivity index (χ0v) is 6.70. The van der Waals surface area contributed by atoms with E-state index in [2.05, 4.69) is 0 Å². The SMILES string of the molecule is [NH]c1ccc(C(N)=O)c(C(N)=O)c1. The summed E-state index contributed by atoms with van der Waals surface area (Å²) in [6, 6.07) is 3.89. The molecule has 5 N–H and O–H groups in total. The van der Waals surface area contributed by atoms with Gasteiger partial charge in [-0.2, -0.15) is 0 Å². The molecule has 0 saturated carbocycles. The Labute approximate surface area is 74.5 Å². The molecule has 0 saturated heterocycles. The van der Waals surface area contributed by atoms with Crippen LogP contribution >= 0.6 is 0 Å². The van der Waals surface area contributed by atoms with Crippen LogP contribution in [0.5, 0.6) is 0 Å². The van der Waals surface area contributed by atoms with Gasteiger partial charge < -0.3 is 17.2 Å². The first kappa shape index (κ1) is 9.05. The molecule has 1 radical (unpaired) electrons. The monoisotopic (exact) mass is 178 g/mol. The van der Waals surface area contributed by atoms with Crippen molar-refractivity contribution in [2.45, 2.75) is 0 Å². The number of nitrogens with one attached hydrogen (secondary N) is 1. The molecule has 0 unspecified atom stereocenters. The van der Waals surface area contributed by atoms with Crippen LogP contribution in [-0.2, 0) is 0 Å². The fourth-order valence-corrected chi connectivity index (χ4v) is 0.963. The molecule has 5 nitrogen and oxygen atoms in total. The lowest BCUT2D eigenvalue weighted by Gasteiger charge is -2.02. The van der Waals surface area contributed by atoms with Crippen LogP contribution in [0, 0.1) is 0 Å². The van der Waals surface area contributed by atoms with Gasteiger partial charge in [0.05, 0.1) is 16.8 Å². The Hall–Kier alpha value is -2.04. The van der Waals surface area contributed by atoms with E-state index >= 15 is 0 Å². The predicted octanol–water partition coefficient (Wildman–Crippen LogP) is -0.201. The van der Waals surface area contributed by atoms with E-state index < -0.39 is 11.8 Å². The van der Waals surface area contributed by atoms with Crippen LogP contribution in [0.4, 0.5) is 5.69 Å². The van der Waals surface area contributed by atoms with Gasteiger partial charge in [0.1, 0.15) is 0 Å². The average Bonchev–Trinajstić information content (AvgIpc) is 2.03. The molecule has 0 aliphatic rings. The summed E-state index contributed by atoms with van der Waals surface area (Å²) in [6.45, 7) is 0. The van der Waals surface area contributed by atoms with Crippen molar-refractivity contribution >= 4 is 17.5 Å². The number of primary amides is 2. The van der Waals surface area contributed by atoms with Gasteiger partial charge >= 0.3 is 0 Å². The number of nitrogens with two attached hydrogens (primary N) is 2. The first-order valence-corrected chi connectivity index (χ1v) is 3.47. The highest BCUT2D eigenvalue weighted by molar-refractivity contribution is 6.06. The van der Waals surface area contributed by atoms with Crippen molar-refractivity contribution in [1.29, 1.82) is 0 Å². The van der Waals surface area contributed by atoms with Gasteiger partial charge in [-0.15, -0.1) is 0 Å². The van der Waals surface area contributed by atoms with Crippen LogP contribution in [0.3, 0.4) is 0 Å². The summed E-state index contributed by atoms with van der Waals surface area (Å²) in [6.07, 6.45) is 0. The highest BCUT2D eigenvalue weighted by Crippen LogP contribution is 2.13. The van der Waals surface area contributed by atoms with E-state index in [4.69, 9.17) is 17.2 Å². The van der Waals surface area contributed by atoms with Crippen molar-refractivity contribution in [2.24, 2.45) is 11.5 Å². The van der Waals surface area contributed by atoms with Crippen molar-refractivity contribution in [1.82, 2.24) is 5.73 Å². The third-order valence-electron chi connectivity index (χ3n) is 1.55. The predicted molar refractivity (Wildman–Crippen MR) is 46.2 cm³/mol. The highest BCUT2D eigenvalue weighted by Gasteiger charge is 2.12. The van der Waals surface area contributed by atoms with Crippen molar-refractivity contribution in [3.63, 3.8) is 0 Å². The second-order valence-electron chi connectivity index (χ2n) is 2.49. The second kappa shape index (κ2) is 3.14. The van der Waals surface area contributed by atoms with E-state index in [9.17, 15) is 9.59 Å². The smallest absolute Gasteiger partial charge is 0.249 e. The topological polar surface area (TPSA) is 110 Å². The van der Waals surface area contributed by atoms with E-state index in [0.29, 0.717) is 0 Å². The molecule has 0 aromatic heterocycles. The number of hydrogen-bond acceptors (Lipinski definition) is 2. The fraction of sp³-hybridized carbons (Fsp3) is 0. The molecule has 13 heavy (non-hydrogen) atoms. The Bertz CT molecular complexity index is 374. The van der Waals surface area contributed by atoms with E-state index in [1.165, 1.54) is 18.2 Å². The zero-order chi connectivity index (χ0) is 10.0. The summed E-state index contributed by atoms with van der Waals surface area (Å²) in [4.78, 5) is 21.6.